The molecule has 25 nitrogen and oxygen atoms in total. The number of furan rings is 1. The second-order valence-corrected chi connectivity index (χ2v) is 22.1. The minimum absolute atomic E-state index is 0.0313. The SMILES string of the molecule is CCCCCc1ccc(CCCCCCCCC(=O)SCCNC(=O)CCNC(=O)C(O)C(C)(C)COP(=O)(O)OP(=O)(O)OCC2OC(n3cnc4c(N)ncnc43)C(O)C2OP(=O)(O)O)o1. The predicted molar refractivity (Wildman–Crippen MR) is 245 cm³/mol. The highest BCUT2D eigenvalue weighted by atomic mass is 32.2. The number of rotatable bonds is 32. The van der Waals surface area contributed by atoms with Crippen molar-refractivity contribution in [1.82, 2.24) is 30.2 Å². The molecule has 0 bridgehead atoms. The van der Waals surface area contributed by atoms with Crippen LogP contribution >= 0.6 is 35.2 Å². The fourth-order valence-electron chi connectivity index (χ4n) is 6.88. The Balaban J connectivity index is 1.08. The summed E-state index contributed by atoms with van der Waals surface area (Å²) in [6, 6.07) is 4.16. The number of nitrogen functional groups attached to an aromatic ring is 1. The van der Waals surface area contributed by atoms with E-state index in [0.717, 1.165) is 98.3 Å². The molecule has 1 aliphatic rings. The molecular weight excluding hydrogens is 979 g/mol. The molecular formula is C39H64N7O18P3S. The Morgan fingerprint density at radius 3 is 2.22 bits per heavy atom. The van der Waals surface area contributed by atoms with Crippen LogP contribution in [0.25, 0.3) is 11.2 Å². The molecule has 29 heteroatoms. The van der Waals surface area contributed by atoms with Gasteiger partial charge in [0.1, 0.15) is 47.8 Å². The Bertz CT molecular complexity index is 2240. The molecule has 2 amide bonds. The Kier molecular flexibility index (Phi) is 22.7. The Morgan fingerprint density at radius 2 is 1.54 bits per heavy atom. The summed E-state index contributed by atoms with van der Waals surface area (Å²) in [6.45, 7) is 2.72. The number of phosphoric acid groups is 3. The van der Waals surface area contributed by atoms with E-state index < -0.39 is 84.6 Å². The molecule has 68 heavy (non-hydrogen) atoms. The highest BCUT2D eigenvalue weighted by Gasteiger charge is 2.50. The second kappa shape index (κ2) is 26.9. The smallest absolute Gasteiger partial charge is 0.466 e. The third kappa shape index (κ3) is 19.2. The molecule has 4 rings (SSSR count). The number of ether oxygens (including phenoxy) is 1. The molecule has 3 aromatic rings. The van der Waals surface area contributed by atoms with E-state index in [0.29, 0.717) is 12.2 Å². The first-order chi connectivity index (χ1) is 32.0. The molecule has 10 N–H and O–H groups in total. The van der Waals surface area contributed by atoms with Gasteiger partial charge in [-0.15, -0.1) is 0 Å². The van der Waals surface area contributed by atoms with E-state index in [2.05, 4.69) is 53.5 Å². The van der Waals surface area contributed by atoms with Crippen molar-refractivity contribution in [2.45, 2.75) is 135 Å². The molecule has 1 saturated heterocycles. The van der Waals surface area contributed by atoms with Gasteiger partial charge in [0.25, 0.3) is 0 Å². The molecule has 3 aromatic heterocycles. The third-order valence-corrected chi connectivity index (χ3v) is 14.6. The lowest BCUT2D eigenvalue weighted by molar-refractivity contribution is -0.137. The first kappa shape index (κ1) is 57.4. The van der Waals surface area contributed by atoms with E-state index in [4.69, 9.17) is 23.9 Å². The molecule has 0 aromatic carbocycles. The molecule has 4 heterocycles. The highest BCUT2D eigenvalue weighted by molar-refractivity contribution is 8.13. The number of imidazole rings is 1. The summed E-state index contributed by atoms with van der Waals surface area (Å²) >= 11 is 1.14. The number of nitrogens with zero attached hydrogens (tertiary/aromatic N) is 4. The number of nitrogens with one attached hydrogen (secondary N) is 2. The Morgan fingerprint density at radius 1 is 0.897 bits per heavy atom. The molecule has 0 aliphatic carbocycles. The zero-order valence-electron chi connectivity index (χ0n) is 38.1. The van der Waals surface area contributed by atoms with Crippen LogP contribution < -0.4 is 16.4 Å². The summed E-state index contributed by atoms with van der Waals surface area (Å²) in [5.74, 6) is 1.06. The summed E-state index contributed by atoms with van der Waals surface area (Å²) < 4.78 is 68.4. The number of aliphatic hydroxyl groups excluding tert-OH is 2. The van der Waals surface area contributed by atoms with Crippen molar-refractivity contribution >= 4 is 69.1 Å². The molecule has 7 atom stereocenters. The number of unbranched alkanes of at least 4 members (excludes halogenated alkanes) is 7. The van der Waals surface area contributed by atoms with Crippen LogP contribution in [-0.4, -0.2) is 123 Å². The number of fused-ring (bicyclic) bond motifs is 1. The number of aliphatic hydroxyl groups is 2. The predicted octanol–water partition coefficient (Wildman–Crippen LogP) is 3.96. The summed E-state index contributed by atoms with van der Waals surface area (Å²) in [6.07, 6.45) is 5.13. The fourth-order valence-corrected chi connectivity index (χ4v) is 10.4. The van der Waals surface area contributed by atoms with E-state index >= 15 is 0 Å². The van der Waals surface area contributed by atoms with Crippen molar-refractivity contribution in [1.29, 1.82) is 0 Å². The Hall–Kier alpha value is -3.16. The molecule has 0 spiro atoms. The maximum atomic E-state index is 12.7. The molecule has 1 fully saturated rings. The average Bonchev–Trinajstić information content (AvgIpc) is 3.98. The summed E-state index contributed by atoms with van der Waals surface area (Å²) in [7, 11) is -16.4. The second-order valence-electron chi connectivity index (χ2n) is 16.7. The number of nitrogens with two attached hydrogens (primary N) is 1. The first-order valence-electron chi connectivity index (χ1n) is 22.1. The molecule has 0 radical (unpaired) electrons. The van der Waals surface area contributed by atoms with E-state index in [9.17, 15) is 57.9 Å². The van der Waals surface area contributed by atoms with E-state index in [1.807, 2.05) is 0 Å². The fraction of sp³-hybridized carbons (Fsp3) is 0.692. The molecule has 0 saturated carbocycles. The van der Waals surface area contributed by atoms with Crippen LogP contribution in [0.3, 0.4) is 0 Å². The van der Waals surface area contributed by atoms with Gasteiger partial charge in [0, 0.05) is 49.9 Å². The molecule has 7 unspecified atom stereocenters. The van der Waals surface area contributed by atoms with Crippen LogP contribution in [0.15, 0.2) is 29.2 Å². The van der Waals surface area contributed by atoms with Gasteiger partial charge in [-0.1, -0.05) is 71.1 Å². The van der Waals surface area contributed by atoms with Gasteiger partial charge in [-0.25, -0.2) is 28.6 Å². The van der Waals surface area contributed by atoms with Crippen LogP contribution in [-0.2, 0) is 63.5 Å². The normalized spacial score (nSPS) is 20.0. The molecule has 1 aliphatic heterocycles. The van der Waals surface area contributed by atoms with Crippen molar-refractivity contribution in [3.63, 3.8) is 0 Å². The van der Waals surface area contributed by atoms with E-state index in [1.54, 1.807) is 0 Å². The largest absolute Gasteiger partial charge is 0.481 e. The van der Waals surface area contributed by atoms with E-state index in [1.165, 1.54) is 26.7 Å². The van der Waals surface area contributed by atoms with Gasteiger partial charge in [-0.05, 0) is 31.4 Å². The van der Waals surface area contributed by atoms with Gasteiger partial charge in [0.2, 0.25) is 11.8 Å². The van der Waals surface area contributed by atoms with Crippen molar-refractivity contribution in [3.05, 3.63) is 36.3 Å². The monoisotopic (exact) mass is 1040 g/mol. The van der Waals surface area contributed by atoms with Crippen LogP contribution in [0.2, 0.25) is 0 Å². The standard InChI is InChI=1S/C39H64N7O18P3S/c1-4-5-10-13-26-16-17-27(61-26)14-11-8-6-7-9-12-15-30(48)68-21-20-41-29(47)18-19-42-37(51)34(50)39(2,3)23-60-67(57,58)64-66(55,56)59-22-28-33(63-65(52,53)54)32(49)38(62-28)46-25-45-31-35(40)43-24-44-36(31)46/h16-17,24-25,28,32-34,38,49-50H,4-15,18-23H2,1-3H3,(H,41,47)(H,42,51)(H,55,56)(H,57,58)(H2,40,43,44)(H2,52,53,54). The van der Waals surface area contributed by atoms with Crippen LogP contribution in [0, 0.1) is 5.41 Å². The zero-order valence-corrected chi connectivity index (χ0v) is 41.6. The van der Waals surface area contributed by atoms with Gasteiger partial charge in [0.15, 0.2) is 22.8 Å². The lowest BCUT2D eigenvalue weighted by Crippen LogP contribution is -2.46. The van der Waals surface area contributed by atoms with Crippen LogP contribution in [0.4, 0.5) is 5.82 Å². The number of phosphoric ester groups is 3. The number of anilines is 1. The lowest BCUT2D eigenvalue weighted by Gasteiger charge is -2.30. The highest BCUT2D eigenvalue weighted by Crippen LogP contribution is 2.61. The van der Waals surface area contributed by atoms with Crippen LogP contribution in [0.5, 0.6) is 0 Å². The maximum Gasteiger partial charge on any atom is 0.481 e. The zero-order chi connectivity index (χ0) is 50.1. The van der Waals surface area contributed by atoms with Gasteiger partial charge >= 0.3 is 23.5 Å². The van der Waals surface area contributed by atoms with Gasteiger partial charge in [-0.3, -0.25) is 32.5 Å². The van der Waals surface area contributed by atoms with Crippen LogP contribution in [0.1, 0.15) is 109 Å². The summed E-state index contributed by atoms with van der Waals surface area (Å²) in [4.78, 5) is 88.4. The minimum atomic E-state index is -5.58. The summed E-state index contributed by atoms with van der Waals surface area (Å²) in [5.41, 5.74) is 4.28. The Labute approximate surface area is 397 Å². The van der Waals surface area contributed by atoms with E-state index in [-0.39, 0.29) is 41.6 Å². The summed E-state index contributed by atoms with van der Waals surface area (Å²) in [5, 5.41) is 26.6. The van der Waals surface area contributed by atoms with Gasteiger partial charge in [-0.2, -0.15) is 4.31 Å². The number of aryl methyl sites for hydroxylation is 2. The quantitative estimate of drug-likeness (QED) is 0.0315. The number of thioether (sulfide) groups is 1. The number of amides is 2. The number of carbonyl (C=O) groups excluding carboxylic acids is 3. The lowest BCUT2D eigenvalue weighted by atomic mass is 9.87. The number of hydrogen-bond acceptors (Lipinski definition) is 19. The van der Waals surface area contributed by atoms with Crippen molar-refractivity contribution in [2.75, 3.05) is 37.8 Å². The van der Waals surface area contributed by atoms with Gasteiger partial charge < -0.3 is 55.3 Å². The topological polar surface area (TPSA) is 377 Å². The maximum absolute atomic E-state index is 12.7. The van der Waals surface area contributed by atoms with Crippen molar-refractivity contribution < 1.29 is 84.9 Å². The molecule has 384 valence electrons. The van der Waals surface area contributed by atoms with Crippen molar-refractivity contribution in [3.8, 4) is 0 Å². The number of carbonyl (C=O) groups is 3. The minimum Gasteiger partial charge on any atom is -0.466 e. The number of aromatic nitrogens is 4. The van der Waals surface area contributed by atoms with Gasteiger partial charge in [0.05, 0.1) is 19.5 Å². The average molecular weight is 1040 g/mol. The first-order valence-corrected chi connectivity index (χ1v) is 27.6. The third-order valence-electron chi connectivity index (χ3n) is 10.6. The number of hydrogen-bond donors (Lipinski definition) is 9. The van der Waals surface area contributed by atoms with Crippen molar-refractivity contribution in [2.24, 2.45) is 5.41 Å².